The van der Waals surface area contributed by atoms with Crippen LogP contribution in [0.1, 0.15) is 40.0 Å². The number of amides is 1. The highest BCUT2D eigenvalue weighted by Crippen LogP contribution is 2.21. The van der Waals surface area contributed by atoms with Gasteiger partial charge in [-0.2, -0.15) is 0 Å². The van der Waals surface area contributed by atoms with E-state index in [4.69, 9.17) is 16.3 Å². The van der Waals surface area contributed by atoms with Gasteiger partial charge >= 0.3 is 6.09 Å². The van der Waals surface area contributed by atoms with Crippen molar-refractivity contribution in [2.45, 2.75) is 57.1 Å². The van der Waals surface area contributed by atoms with E-state index < -0.39 is 11.7 Å². The maximum atomic E-state index is 11.5. The summed E-state index contributed by atoms with van der Waals surface area (Å²) in [6.45, 7) is 5.37. The van der Waals surface area contributed by atoms with Crippen LogP contribution in [0.3, 0.4) is 0 Å². The van der Waals surface area contributed by atoms with E-state index in [1.165, 1.54) is 0 Å². The van der Waals surface area contributed by atoms with E-state index in [1.807, 2.05) is 0 Å². The number of hydrogen-bond donors (Lipinski definition) is 1. The van der Waals surface area contributed by atoms with Crippen LogP contribution in [0.2, 0.25) is 0 Å². The molecule has 92 valence electrons. The number of carbonyl (C=O) groups is 2. The van der Waals surface area contributed by atoms with E-state index in [1.54, 1.807) is 20.8 Å². The number of Topliss-reactive ketones (excluding diaryl/α,β-unsaturated/α-hetero) is 1. The smallest absolute Gasteiger partial charge is 0.407 e. The molecule has 1 saturated carbocycles. The van der Waals surface area contributed by atoms with Gasteiger partial charge in [-0.05, 0) is 27.2 Å². The van der Waals surface area contributed by atoms with Crippen LogP contribution in [0, 0.1) is 0 Å². The molecule has 0 saturated heterocycles. The summed E-state index contributed by atoms with van der Waals surface area (Å²) in [5.41, 5.74) is -0.537. The molecule has 1 rings (SSSR count). The van der Waals surface area contributed by atoms with E-state index in [2.05, 4.69) is 5.32 Å². The van der Waals surface area contributed by atoms with Crippen molar-refractivity contribution >= 4 is 23.5 Å². The average Bonchev–Trinajstić information content (AvgIpc) is 2.08. The minimum Gasteiger partial charge on any atom is -0.444 e. The Morgan fingerprint density at radius 1 is 1.50 bits per heavy atom. The lowest BCUT2D eigenvalue weighted by Gasteiger charge is -2.28. The molecule has 4 nitrogen and oxygen atoms in total. The summed E-state index contributed by atoms with van der Waals surface area (Å²) < 4.78 is 5.10. The standard InChI is InChI=1S/C11H18ClNO3/c1-11(2,3)16-10(15)13-9-6-7(14)4-5-8(9)12/h8-9H,4-6H2,1-3H3,(H,13,15)/t8-,9+/m1/s1. The number of alkyl halides is 1. The van der Waals surface area contributed by atoms with Gasteiger partial charge < -0.3 is 10.1 Å². The maximum Gasteiger partial charge on any atom is 0.407 e. The van der Waals surface area contributed by atoms with Gasteiger partial charge in [-0.15, -0.1) is 11.6 Å². The largest absolute Gasteiger partial charge is 0.444 e. The average molecular weight is 248 g/mol. The molecule has 0 spiro atoms. The quantitative estimate of drug-likeness (QED) is 0.723. The van der Waals surface area contributed by atoms with Crippen LogP contribution in [0.5, 0.6) is 0 Å². The first-order chi connectivity index (χ1) is 7.28. The Labute approximate surface area is 101 Å². The number of ketones is 1. The highest BCUT2D eigenvalue weighted by atomic mass is 35.5. The molecule has 16 heavy (non-hydrogen) atoms. The van der Waals surface area contributed by atoms with Gasteiger partial charge in [0, 0.05) is 12.8 Å². The van der Waals surface area contributed by atoms with Crippen molar-refractivity contribution in [3.05, 3.63) is 0 Å². The first-order valence-electron chi connectivity index (χ1n) is 5.43. The minimum absolute atomic E-state index is 0.137. The lowest BCUT2D eigenvalue weighted by atomic mass is 9.94. The summed E-state index contributed by atoms with van der Waals surface area (Å²) in [6.07, 6.45) is 0.896. The normalized spacial score (nSPS) is 26.4. The zero-order chi connectivity index (χ0) is 12.3. The summed E-state index contributed by atoms with van der Waals surface area (Å²) in [5, 5.41) is 2.45. The van der Waals surface area contributed by atoms with Crippen molar-refractivity contribution < 1.29 is 14.3 Å². The number of carbonyl (C=O) groups excluding carboxylic acids is 2. The van der Waals surface area contributed by atoms with E-state index in [9.17, 15) is 9.59 Å². The van der Waals surface area contributed by atoms with Gasteiger partial charge in [0.1, 0.15) is 11.4 Å². The Kier molecular flexibility index (Phi) is 4.19. The molecule has 0 aromatic heterocycles. The van der Waals surface area contributed by atoms with E-state index in [0.717, 1.165) is 0 Å². The lowest BCUT2D eigenvalue weighted by Crippen LogP contribution is -2.46. The van der Waals surface area contributed by atoms with Crippen molar-refractivity contribution in [1.29, 1.82) is 0 Å². The van der Waals surface area contributed by atoms with Crippen molar-refractivity contribution in [2.24, 2.45) is 0 Å². The number of hydrogen-bond acceptors (Lipinski definition) is 3. The molecular formula is C11H18ClNO3. The molecule has 1 aliphatic carbocycles. The Hall–Kier alpha value is -0.770. The van der Waals surface area contributed by atoms with Crippen LogP contribution in [0.15, 0.2) is 0 Å². The van der Waals surface area contributed by atoms with Crippen LogP contribution in [0.4, 0.5) is 4.79 Å². The van der Waals surface area contributed by atoms with Crippen molar-refractivity contribution in [3.8, 4) is 0 Å². The highest BCUT2D eigenvalue weighted by Gasteiger charge is 2.30. The van der Waals surface area contributed by atoms with Crippen LogP contribution >= 0.6 is 11.6 Å². The van der Waals surface area contributed by atoms with Gasteiger partial charge in [0.25, 0.3) is 0 Å². The Morgan fingerprint density at radius 3 is 2.69 bits per heavy atom. The fourth-order valence-electron chi connectivity index (χ4n) is 1.58. The monoisotopic (exact) mass is 247 g/mol. The molecular weight excluding hydrogens is 230 g/mol. The number of ether oxygens (including phenoxy) is 1. The van der Waals surface area contributed by atoms with E-state index >= 15 is 0 Å². The molecule has 0 radical (unpaired) electrons. The van der Waals surface area contributed by atoms with Gasteiger partial charge in [-0.1, -0.05) is 0 Å². The van der Waals surface area contributed by atoms with Crippen LogP contribution in [-0.4, -0.2) is 28.9 Å². The van der Waals surface area contributed by atoms with Gasteiger partial charge in [-0.25, -0.2) is 4.79 Å². The number of rotatable bonds is 1. The molecule has 1 N–H and O–H groups in total. The third-order valence-electron chi connectivity index (χ3n) is 2.29. The van der Waals surface area contributed by atoms with Gasteiger partial charge in [0.15, 0.2) is 0 Å². The van der Waals surface area contributed by atoms with Crippen LogP contribution in [-0.2, 0) is 9.53 Å². The molecule has 0 unspecified atom stereocenters. The van der Waals surface area contributed by atoms with Gasteiger partial charge in [-0.3, -0.25) is 4.79 Å². The van der Waals surface area contributed by atoms with Gasteiger partial charge in [0.05, 0.1) is 11.4 Å². The maximum absolute atomic E-state index is 11.5. The summed E-state index contributed by atoms with van der Waals surface area (Å²) in [4.78, 5) is 22.7. The zero-order valence-corrected chi connectivity index (χ0v) is 10.6. The minimum atomic E-state index is -0.537. The fourth-order valence-corrected chi connectivity index (χ4v) is 1.84. The first kappa shape index (κ1) is 13.3. The Morgan fingerprint density at radius 2 is 2.12 bits per heavy atom. The van der Waals surface area contributed by atoms with Crippen molar-refractivity contribution in [2.75, 3.05) is 0 Å². The molecule has 0 heterocycles. The predicted octanol–water partition coefficient (Wildman–Crippen LogP) is 2.24. The second-order valence-corrected chi connectivity index (χ2v) is 5.61. The van der Waals surface area contributed by atoms with Crippen molar-refractivity contribution in [3.63, 3.8) is 0 Å². The zero-order valence-electron chi connectivity index (χ0n) is 9.88. The SMILES string of the molecule is CC(C)(C)OC(=O)N[C@H]1CC(=O)CC[C@H]1Cl. The third-order valence-corrected chi connectivity index (χ3v) is 2.81. The molecule has 1 aliphatic rings. The number of nitrogens with one attached hydrogen (secondary N) is 1. The fraction of sp³-hybridized carbons (Fsp3) is 0.818. The van der Waals surface area contributed by atoms with E-state index in [-0.39, 0.29) is 17.2 Å². The molecule has 2 atom stereocenters. The Bertz CT molecular complexity index is 285. The molecule has 0 aromatic carbocycles. The second-order valence-electron chi connectivity index (χ2n) is 5.05. The van der Waals surface area contributed by atoms with Crippen molar-refractivity contribution in [1.82, 2.24) is 5.32 Å². The predicted molar refractivity (Wildman–Crippen MR) is 61.7 cm³/mol. The molecule has 5 heteroatoms. The second kappa shape index (κ2) is 5.04. The number of halogens is 1. The Balaban J connectivity index is 2.46. The van der Waals surface area contributed by atoms with Crippen LogP contribution in [0.25, 0.3) is 0 Å². The molecule has 0 aromatic rings. The summed E-state index contributed by atoms with van der Waals surface area (Å²) in [6, 6.07) is -0.308. The highest BCUT2D eigenvalue weighted by molar-refractivity contribution is 6.21. The third kappa shape index (κ3) is 4.39. The molecule has 1 amide bonds. The summed E-state index contributed by atoms with van der Waals surface area (Å²) in [5.74, 6) is 0.137. The summed E-state index contributed by atoms with van der Waals surface area (Å²) >= 11 is 6.04. The first-order valence-corrected chi connectivity index (χ1v) is 5.87. The molecule has 1 fully saturated rings. The van der Waals surface area contributed by atoms with Gasteiger partial charge in [0.2, 0.25) is 0 Å². The van der Waals surface area contributed by atoms with Crippen LogP contribution < -0.4 is 5.32 Å². The topological polar surface area (TPSA) is 55.4 Å². The molecule has 0 aliphatic heterocycles. The number of alkyl carbamates (subject to hydrolysis) is 1. The molecule has 0 bridgehead atoms. The lowest BCUT2D eigenvalue weighted by molar-refractivity contribution is -0.120. The van der Waals surface area contributed by atoms with E-state index in [0.29, 0.717) is 19.3 Å². The summed E-state index contributed by atoms with van der Waals surface area (Å²) in [7, 11) is 0.